The van der Waals surface area contributed by atoms with Crippen LogP contribution in [0.3, 0.4) is 0 Å². The topological polar surface area (TPSA) is 21.3 Å². The van der Waals surface area contributed by atoms with Gasteiger partial charge >= 0.3 is 0 Å². The van der Waals surface area contributed by atoms with Crippen molar-refractivity contribution < 1.29 is 4.74 Å². The van der Waals surface area contributed by atoms with Crippen LogP contribution in [-0.4, -0.2) is 26.8 Å². The molecule has 2 heteroatoms. The van der Waals surface area contributed by atoms with Crippen molar-refractivity contribution in [1.82, 2.24) is 5.32 Å². The molecule has 2 nitrogen and oxygen atoms in total. The van der Waals surface area contributed by atoms with Crippen molar-refractivity contribution in [3.63, 3.8) is 0 Å². The Morgan fingerprint density at radius 1 is 1.36 bits per heavy atom. The first-order valence-corrected chi connectivity index (χ1v) is 4.52. The molecule has 0 aromatic rings. The predicted octanol–water partition coefficient (Wildman–Crippen LogP) is 1.80. The number of ether oxygens (including phenoxy) is 1. The average Bonchev–Trinajstić information content (AvgIpc) is 2.03. The van der Waals surface area contributed by atoms with E-state index < -0.39 is 0 Å². The van der Waals surface area contributed by atoms with E-state index >= 15 is 0 Å². The van der Waals surface area contributed by atoms with Crippen LogP contribution in [0, 0.1) is 0 Å². The maximum absolute atomic E-state index is 5.31. The van der Waals surface area contributed by atoms with Crippen LogP contribution >= 0.6 is 0 Å². The Balaban J connectivity index is 3.20. The Morgan fingerprint density at radius 2 is 2.09 bits per heavy atom. The summed E-state index contributed by atoms with van der Waals surface area (Å²) in [6.07, 6.45) is 5.30. The van der Waals surface area contributed by atoms with Gasteiger partial charge in [0.15, 0.2) is 0 Å². The van der Waals surface area contributed by atoms with Crippen molar-refractivity contribution in [2.75, 3.05) is 20.7 Å². The van der Waals surface area contributed by atoms with Gasteiger partial charge < -0.3 is 10.1 Å². The molecule has 0 saturated heterocycles. The second kappa shape index (κ2) is 8.02. The summed E-state index contributed by atoms with van der Waals surface area (Å²) in [6.45, 7) is 3.30. The molecular weight excluding hydrogens is 138 g/mol. The highest BCUT2D eigenvalue weighted by molar-refractivity contribution is 4.57. The Hall–Kier alpha value is -0.0800. The SMILES string of the molecule is CCC[C@@H](CCCNC)OC. The molecule has 0 aromatic carbocycles. The largest absolute Gasteiger partial charge is 0.381 e. The van der Waals surface area contributed by atoms with E-state index in [1.807, 2.05) is 7.05 Å². The van der Waals surface area contributed by atoms with E-state index in [1.165, 1.54) is 25.7 Å². The Bertz CT molecular complexity index is 76.0. The molecule has 68 valence electrons. The predicted molar refractivity (Wildman–Crippen MR) is 48.9 cm³/mol. The van der Waals surface area contributed by atoms with Gasteiger partial charge in [-0.05, 0) is 32.9 Å². The molecule has 11 heavy (non-hydrogen) atoms. The van der Waals surface area contributed by atoms with E-state index in [9.17, 15) is 0 Å². The van der Waals surface area contributed by atoms with Crippen molar-refractivity contribution in [2.45, 2.75) is 38.7 Å². The van der Waals surface area contributed by atoms with E-state index in [1.54, 1.807) is 7.11 Å². The lowest BCUT2D eigenvalue weighted by Gasteiger charge is -2.13. The van der Waals surface area contributed by atoms with E-state index in [4.69, 9.17) is 4.74 Å². The molecule has 0 bridgehead atoms. The molecule has 0 rings (SSSR count). The van der Waals surface area contributed by atoms with Crippen molar-refractivity contribution in [1.29, 1.82) is 0 Å². The maximum Gasteiger partial charge on any atom is 0.0571 e. The van der Waals surface area contributed by atoms with Crippen LogP contribution < -0.4 is 5.32 Å². The molecule has 0 unspecified atom stereocenters. The second-order valence-electron chi connectivity index (χ2n) is 2.89. The lowest BCUT2D eigenvalue weighted by Crippen LogP contribution is -2.14. The van der Waals surface area contributed by atoms with Crippen LogP contribution in [0.4, 0.5) is 0 Å². The molecular formula is C9H21NO. The summed E-state index contributed by atoms with van der Waals surface area (Å²) in [7, 11) is 3.79. The molecule has 0 aromatic heterocycles. The summed E-state index contributed by atoms with van der Waals surface area (Å²) in [6, 6.07) is 0. The third kappa shape index (κ3) is 6.32. The standard InChI is InChI=1S/C9H21NO/c1-4-6-9(11-3)7-5-8-10-2/h9-10H,4-8H2,1-3H3/t9-/m0/s1. The highest BCUT2D eigenvalue weighted by Crippen LogP contribution is 2.07. The lowest BCUT2D eigenvalue weighted by atomic mass is 10.1. The summed E-state index contributed by atoms with van der Waals surface area (Å²) in [5.74, 6) is 0. The fourth-order valence-corrected chi connectivity index (χ4v) is 1.21. The quantitative estimate of drug-likeness (QED) is 0.572. The van der Waals surface area contributed by atoms with Crippen LogP contribution in [-0.2, 0) is 4.74 Å². The van der Waals surface area contributed by atoms with Crippen LogP contribution in [0.2, 0.25) is 0 Å². The molecule has 0 aliphatic heterocycles. The zero-order valence-corrected chi connectivity index (χ0v) is 8.02. The molecule has 0 aliphatic rings. The number of hydrogen-bond donors (Lipinski definition) is 1. The number of hydrogen-bond acceptors (Lipinski definition) is 2. The molecule has 0 spiro atoms. The highest BCUT2D eigenvalue weighted by atomic mass is 16.5. The molecule has 0 fully saturated rings. The normalized spacial score (nSPS) is 13.4. The van der Waals surface area contributed by atoms with Gasteiger partial charge in [-0.25, -0.2) is 0 Å². The summed E-state index contributed by atoms with van der Waals surface area (Å²) < 4.78 is 5.31. The average molecular weight is 159 g/mol. The summed E-state index contributed by atoms with van der Waals surface area (Å²) >= 11 is 0. The van der Waals surface area contributed by atoms with Gasteiger partial charge in [-0.3, -0.25) is 0 Å². The zero-order chi connectivity index (χ0) is 8.53. The number of nitrogens with one attached hydrogen (secondary N) is 1. The van der Waals surface area contributed by atoms with Gasteiger partial charge in [-0.15, -0.1) is 0 Å². The molecule has 0 radical (unpaired) electrons. The molecule has 0 heterocycles. The van der Waals surface area contributed by atoms with Crippen LogP contribution in [0.1, 0.15) is 32.6 Å². The maximum atomic E-state index is 5.31. The monoisotopic (exact) mass is 159 g/mol. The van der Waals surface area contributed by atoms with Gasteiger partial charge in [0.25, 0.3) is 0 Å². The van der Waals surface area contributed by atoms with Crippen LogP contribution in [0.5, 0.6) is 0 Å². The fourth-order valence-electron chi connectivity index (χ4n) is 1.21. The minimum atomic E-state index is 0.480. The Labute approximate surface area is 70.3 Å². The highest BCUT2D eigenvalue weighted by Gasteiger charge is 2.03. The molecule has 1 N–H and O–H groups in total. The van der Waals surface area contributed by atoms with Gasteiger partial charge in [-0.1, -0.05) is 13.3 Å². The number of methoxy groups -OCH3 is 1. The fraction of sp³-hybridized carbons (Fsp3) is 1.00. The van der Waals surface area contributed by atoms with Crippen LogP contribution in [0.25, 0.3) is 0 Å². The Kier molecular flexibility index (Phi) is 7.96. The summed E-state index contributed by atoms with van der Waals surface area (Å²) in [5, 5.41) is 3.13. The molecule has 0 aliphatic carbocycles. The number of rotatable bonds is 7. The Morgan fingerprint density at radius 3 is 2.55 bits per heavy atom. The van der Waals surface area contributed by atoms with Crippen molar-refractivity contribution in [3.8, 4) is 0 Å². The van der Waals surface area contributed by atoms with Gasteiger partial charge in [0.05, 0.1) is 6.10 Å². The first-order valence-electron chi connectivity index (χ1n) is 4.52. The first-order chi connectivity index (χ1) is 5.35. The van der Waals surface area contributed by atoms with Crippen molar-refractivity contribution in [2.24, 2.45) is 0 Å². The van der Waals surface area contributed by atoms with Crippen molar-refractivity contribution in [3.05, 3.63) is 0 Å². The smallest absolute Gasteiger partial charge is 0.0571 e. The lowest BCUT2D eigenvalue weighted by molar-refractivity contribution is 0.0857. The molecule has 0 amide bonds. The third-order valence-electron chi connectivity index (χ3n) is 1.90. The van der Waals surface area contributed by atoms with E-state index in [0.29, 0.717) is 6.10 Å². The molecule has 1 atom stereocenters. The van der Waals surface area contributed by atoms with Gasteiger partial charge in [0.1, 0.15) is 0 Å². The van der Waals surface area contributed by atoms with E-state index in [2.05, 4.69) is 12.2 Å². The van der Waals surface area contributed by atoms with Gasteiger partial charge in [0.2, 0.25) is 0 Å². The minimum absolute atomic E-state index is 0.480. The summed E-state index contributed by atoms with van der Waals surface area (Å²) in [5.41, 5.74) is 0. The van der Waals surface area contributed by atoms with Gasteiger partial charge in [-0.2, -0.15) is 0 Å². The molecule has 0 saturated carbocycles. The third-order valence-corrected chi connectivity index (χ3v) is 1.90. The van der Waals surface area contributed by atoms with Crippen LogP contribution in [0.15, 0.2) is 0 Å². The van der Waals surface area contributed by atoms with E-state index in [0.717, 1.165) is 6.54 Å². The van der Waals surface area contributed by atoms with Gasteiger partial charge in [0, 0.05) is 7.11 Å². The second-order valence-corrected chi connectivity index (χ2v) is 2.89. The first kappa shape index (κ1) is 10.9. The van der Waals surface area contributed by atoms with Crippen molar-refractivity contribution >= 4 is 0 Å². The minimum Gasteiger partial charge on any atom is -0.381 e. The van der Waals surface area contributed by atoms with E-state index in [-0.39, 0.29) is 0 Å². The zero-order valence-electron chi connectivity index (χ0n) is 8.02. The summed E-state index contributed by atoms with van der Waals surface area (Å²) in [4.78, 5) is 0.